The molecule has 1 aliphatic heterocycles. The zero-order chi connectivity index (χ0) is 25.4. The van der Waals surface area contributed by atoms with Gasteiger partial charge in [-0.05, 0) is 76.4 Å². The van der Waals surface area contributed by atoms with Crippen molar-refractivity contribution in [2.45, 2.75) is 18.9 Å². The third kappa shape index (κ3) is 4.43. The van der Waals surface area contributed by atoms with E-state index in [-0.39, 0.29) is 11.5 Å². The number of nitrogens with zero attached hydrogens (tertiary/aromatic N) is 5. The molecule has 0 saturated heterocycles. The van der Waals surface area contributed by atoms with E-state index in [0.717, 1.165) is 22.4 Å². The van der Waals surface area contributed by atoms with Gasteiger partial charge in [-0.3, -0.25) is 9.59 Å². The molecule has 1 atom stereocenters. The van der Waals surface area contributed by atoms with E-state index < -0.39 is 6.04 Å². The van der Waals surface area contributed by atoms with Crippen molar-refractivity contribution in [3.8, 4) is 27.9 Å². The van der Waals surface area contributed by atoms with Gasteiger partial charge in [0.05, 0.1) is 5.69 Å². The summed E-state index contributed by atoms with van der Waals surface area (Å²) in [6, 6.07) is 25.9. The summed E-state index contributed by atoms with van der Waals surface area (Å²) < 4.78 is 3.11. The monoisotopic (exact) mass is 508 g/mol. The number of hydrogen-bond acceptors (Lipinski definition) is 5. The molecular weight excluding hydrogens is 488 g/mol. The Morgan fingerprint density at radius 3 is 2.46 bits per heavy atom. The number of aryl methyl sites for hydroxylation is 1. The first-order valence-corrected chi connectivity index (χ1v) is 12.2. The fraction of sp³-hybridized carbons (Fsp3) is 0.107. The summed E-state index contributed by atoms with van der Waals surface area (Å²) in [6.07, 6.45) is 2.64. The number of fused-ring (bicyclic) bond motifs is 1. The molecule has 9 heteroatoms. The summed E-state index contributed by atoms with van der Waals surface area (Å²) >= 11 is 6.27. The number of tetrazole rings is 1. The van der Waals surface area contributed by atoms with Gasteiger partial charge in [-0.1, -0.05) is 54.1 Å². The van der Waals surface area contributed by atoms with Crippen LogP contribution in [0.1, 0.15) is 18.2 Å². The molecule has 0 aliphatic carbocycles. The fourth-order valence-corrected chi connectivity index (χ4v) is 4.98. The molecule has 0 spiro atoms. The predicted molar refractivity (Wildman–Crippen MR) is 142 cm³/mol. The van der Waals surface area contributed by atoms with E-state index in [1.165, 1.54) is 17.1 Å². The molecule has 0 unspecified atom stereocenters. The number of amides is 1. The van der Waals surface area contributed by atoms with Crippen molar-refractivity contribution in [1.82, 2.24) is 24.8 Å². The summed E-state index contributed by atoms with van der Waals surface area (Å²) in [6.45, 7) is 0. The van der Waals surface area contributed by atoms with Crippen LogP contribution >= 0.6 is 11.6 Å². The molecule has 2 aromatic heterocycles. The smallest absolute Gasteiger partial charge is 0.252 e. The first-order valence-electron chi connectivity index (χ1n) is 11.8. The van der Waals surface area contributed by atoms with Crippen LogP contribution in [-0.2, 0) is 11.2 Å². The van der Waals surface area contributed by atoms with Crippen LogP contribution in [0.3, 0.4) is 0 Å². The van der Waals surface area contributed by atoms with Crippen LogP contribution in [0.25, 0.3) is 27.9 Å². The van der Waals surface area contributed by atoms with Crippen LogP contribution in [0.5, 0.6) is 0 Å². The third-order valence-electron chi connectivity index (χ3n) is 6.56. The van der Waals surface area contributed by atoms with E-state index >= 15 is 0 Å². The Labute approximate surface area is 217 Å². The molecule has 1 amide bonds. The van der Waals surface area contributed by atoms with E-state index in [1.54, 1.807) is 22.8 Å². The van der Waals surface area contributed by atoms with Crippen molar-refractivity contribution in [2.75, 3.05) is 5.32 Å². The number of aromatic nitrogens is 5. The summed E-state index contributed by atoms with van der Waals surface area (Å²) in [4.78, 5) is 26.4. The van der Waals surface area contributed by atoms with Gasteiger partial charge in [-0.2, -0.15) is 4.68 Å². The molecule has 182 valence electrons. The lowest BCUT2D eigenvalue weighted by molar-refractivity contribution is -0.119. The van der Waals surface area contributed by atoms with Gasteiger partial charge in [0, 0.05) is 28.0 Å². The van der Waals surface area contributed by atoms with Crippen LogP contribution in [0.2, 0.25) is 5.02 Å². The largest absolute Gasteiger partial charge is 0.324 e. The Bertz CT molecular complexity index is 1650. The Balaban J connectivity index is 1.27. The maximum Gasteiger partial charge on any atom is 0.252 e. The average molecular weight is 509 g/mol. The molecule has 3 aromatic carbocycles. The summed E-state index contributed by atoms with van der Waals surface area (Å²) in [5.74, 6) is -0.210. The highest BCUT2D eigenvalue weighted by atomic mass is 35.5. The van der Waals surface area contributed by atoms with Crippen molar-refractivity contribution in [3.63, 3.8) is 0 Å². The number of benzene rings is 3. The Morgan fingerprint density at radius 2 is 1.70 bits per heavy atom. The molecule has 6 rings (SSSR count). The van der Waals surface area contributed by atoms with Gasteiger partial charge in [-0.25, -0.2) is 0 Å². The number of rotatable bonds is 5. The predicted octanol–water partition coefficient (Wildman–Crippen LogP) is 4.94. The van der Waals surface area contributed by atoms with Crippen molar-refractivity contribution in [3.05, 3.63) is 112 Å². The number of carbonyl (C=O) groups excluding carboxylic acids is 1. The lowest BCUT2D eigenvalue weighted by atomic mass is 10.0. The number of halogens is 1. The van der Waals surface area contributed by atoms with Gasteiger partial charge in [-0.15, -0.1) is 5.10 Å². The van der Waals surface area contributed by atoms with Crippen LogP contribution < -0.4 is 10.9 Å². The topological polar surface area (TPSA) is 94.7 Å². The second kappa shape index (κ2) is 9.48. The van der Waals surface area contributed by atoms with E-state index in [1.807, 2.05) is 60.7 Å². The highest BCUT2D eigenvalue weighted by Gasteiger charge is 2.30. The first kappa shape index (κ1) is 22.9. The molecule has 0 bridgehead atoms. The summed E-state index contributed by atoms with van der Waals surface area (Å²) in [5, 5.41) is 14.9. The van der Waals surface area contributed by atoms with E-state index in [0.29, 0.717) is 34.8 Å². The van der Waals surface area contributed by atoms with Crippen LogP contribution in [-0.4, -0.2) is 30.7 Å². The summed E-state index contributed by atoms with van der Waals surface area (Å²) in [7, 11) is 0. The molecule has 0 saturated carbocycles. The highest BCUT2D eigenvalue weighted by Crippen LogP contribution is 2.32. The summed E-state index contributed by atoms with van der Waals surface area (Å²) in [5.41, 5.74) is 5.54. The van der Waals surface area contributed by atoms with Gasteiger partial charge in [0.25, 0.3) is 5.56 Å². The Hall–Kier alpha value is -4.56. The number of hydrogen-bond donors (Lipinski definition) is 1. The molecule has 5 aromatic rings. The third-order valence-corrected chi connectivity index (χ3v) is 6.80. The van der Waals surface area contributed by atoms with Gasteiger partial charge in [0.15, 0.2) is 0 Å². The number of anilines is 1. The lowest BCUT2D eigenvalue weighted by Gasteiger charge is -2.16. The minimum atomic E-state index is -0.580. The first-order chi connectivity index (χ1) is 18.1. The minimum absolute atomic E-state index is 0.210. The standard InChI is InChI=1S/C28H21ClN6O2/c29-21-8-12-25(34-17-30-32-33-34)24(16-21)20-14-23-11-13-26(35(23)27(36)15-20)28(37)31-22-9-6-19(7-10-22)18-4-2-1-3-5-18/h1-10,12,14-17,26H,11,13H2,(H,31,37)/t26-/m0/s1. The maximum atomic E-state index is 13.3. The van der Waals surface area contributed by atoms with E-state index in [2.05, 4.69) is 20.8 Å². The molecule has 0 fully saturated rings. The van der Waals surface area contributed by atoms with E-state index in [4.69, 9.17) is 11.6 Å². The van der Waals surface area contributed by atoms with E-state index in [9.17, 15) is 9.59 Å². The minimum Gasteiger partial charge on any atom is -0.324 e. The molecule has 37 heavy (non-hydrogen) atoms. The normalized spacial score (nSPS) is 14.4. The lowest BCUT2D eigenvalue weighted by Crippen LogP contribution is -2.31. The quantitative estimate of drug-likeness (QED) is 0.363. The Morgan fingerprint density at radius 1 is 0.919 bits per heavy atom. The molecule has 0 radical (unpaired) electrons. The molecule has 1 N–H and O–H groups in total. The second-order valence-electron chi connectivity index (χ2n) is 8.85. The zero-order valence-electron chi connectivity index (χ0n) is 19.6. The Kier molecular flexibility index (Phi) is 5.86. The molecule has 1 aliphatic rings. The zero-order valence-corrected chi connectivity index (χ0v) is 20.3. The molecule has 8 nitrogen and oxygen atoms in total. The SMILES string of the molecule is O=C(Nc1ccc(-c2ccccc2)cc1)[C@@H]1CCc2cc(-c3cc(Cl)ccc3-n3cnnn3)cc(=O)n21. The van der Waals surface area contributed by atoms with Gasteiger partial charge >= 0.3 is 0 Å². The van der Waals surface area contributed by atoms with Crippen LogP contribution in [0.15, 0.2) is 96.1 Å². The average Bonchev–Trinajstić information content (AvgIpc) is 3.60. The van der Waals surface area contributed by atoms with Gasteiger partial charge < -0.3 is 9.88 Å². The maximum absolute atomic E-state index is 13.3. The van der Waals surface area contributed by atoms with Crippen LogP contribution in [0.4, 0.5) is 5.69 Å². The van der Waals surface area contributed by atoms with Crippen molar-refractivity contribution < 1.29 is 4.79 Å². The second-order valence-corrected chi connectivity index (χ2v) is 9.28. The fourth-order valence-electron chi connectivity index (χ4n) is 4.81. The van der Waals surface area contributed by atoms with Crippen molar-refractivity contribution in [1.29, 1.82) is 0 Å². The number of pyridine rings is 1. The number of carbonyl (C=O) groups is 1. The molecule has 3 heterocycles. The van der Waals surface area contributed by atoms with Gasteiger partial charge in [0.1, 0.15) is 12.4 Å². The highest BCUT2D eigenvalue weighted by molar-refractivity contribution is 6.31. The van der Waals surface area contributed by atoms with Crippen molar-refractivity contribution >= 4 is 23.2 Å². The van der Waals surface area contributed by atoms with Gasteiger partial charge in [0.2, 0.25) is 5.91 Å². The number of nitrogens with one attached hydrogen (secondary N) is 1. The molecular formula is C28H21ClN6O2. The van der Waals surface area contributed by atoms with Crippen LogP contribution in [0, 0.1) is 0 Å². The van der Waals surface area contributed by atoms with Crippen molar-refractivity contribution in [2.24, 2.45) is 0 Å².